The zero-order valence-electron chi connectivity index (χ0n) is 8.90. The van der Waals surface area contributed by atoms with E-state index in [2.05, 4.69) is 0 Å². The lowest BCUT2D eigenvalue weighted by Crippen LogP contribution is -2.49. The predicted molar refractivity (Wildman–Crippen MR) is 52.0 cm³/mol. The van der Waals surface area contributed by atoms with Gasteiger partial charge in [0.2, 0.25) is 0 Å². The molecule has 2 rings (SSSR count). The fraction of sp³-hybridized carbons (Fsp3) is 0.900. The third-order valence-electron chi connectivity index (χ3n) is 3.22. The van der Waals surface area contributed by atoms with E-state index in [1.807, 2.05) is 0 Å². The van der Waals surface area contributed by atoms with Gasteiger partial charge in [0.1, 0.15) is 0 Å². The van der Waals surface area contributed by atoms with Crippen LogP contribution in [0.15, 0.2) is 0 Å². The van der Waals surface area contributed by atoms with Crippen molar-refractivity contribution in [1.82, 2.24) is 0 Å². The minimum Gasteiger partial charge on any atom is -0.469 e. The number of hydrogen-bond acceptors (Lipinski definition) is 5. The number of carbonyl (C=O) groups excluding carboxylic acids is 1. The van der Waals surface area contributed by atoms with Crippen LogP contribution in [0.3, 0.4) is 0 Å². The summed E-state index contributed by atoms with van der Waals surface area (Å²) in [7, 11) is 1.39. The van der Waals surface area contributed by atoms with Crippen LogP contribution in [-0.2, 0) is 19.0 Å². The van der Waals surface area contributed by atoms with Gasteiger partial charge in [-0.2, -0.15) is 0 Å². The van der Waals surface area contributed by atoms with Crippen LogP contribution in [-0.4, -0.2) is 38.1 Å². The van der Waals surface area contributed by atoms with Crippen molar-refractivity contribution in [2.45, 2.75) is 31.1 Å². The van der Waals surface area contributed by atoms with E-state index in [-0.39, 0.29) is 17.9 Å². The molecule has 1 saturated heterocycles. The van der Waals surface area contributed by atoms with Gasteiger partial charge in [0.15, 0.2) is 5.79 Å². The van der Waals surface area contributed by atoms with Crippen molar-refractivity contribution < 1.29 is 19.0 Å². The van der Waals surface area contributed by atoms with Gasteiger partial charge in [-0.15, -0.1) is 0 Å². The Bertz CT molecular complexity index is 250. The van der Waals surface area contributed by atoms with Crippen LogP contribution >= 0.6 is 0 Å². The highest BCUT2D eigenvalue weighted by molar-refractivity contribution is 5.73. The van der Waals surface area contributed by atoms with Crippen molar-refractivity contribution in [2.24, 2.45) is 11.7 Å². The minimum absolute atomic E-state index is 0.214. The maximum Gasteiger partial charge on any atom is 0.310 e. The predicted octanol–water partition coefficient (Wildman–Crippen LogP) is 0.0299. The highest BCUT2D eigenvalue weighted by Gasteiger charge is 2.46. The molecule has 1 aliphatic carbocycles. The molecule has 0 aromatic rings. The number of nitrogens with two attached hydrogens (primary N) is 1. The molecule has 1 heterocycles. The summed E-state index contributed by atoms with van der Waals surface area (Å²) in [5.74, 6) is -0.965. The topological polar surface area (TPSA) is 70.8 Å². The van der Waals surface area contributed by atoms with Crippen LogP contribution in [0, 0.1) is 5.92 Å². The summed E-state index contributed by atoms with van der Waals surface area (Å²) in [5, 5.41) is 0. The summed E-state index contributed by atoms with van der Waals surface area (Å²) in [6, 6.07) is -0.232. The number of hydrogen-bond donors (Lipinski definition) is 1. The summed E-state index contributed by atoms with van der Waals surface area (Å²) in [4.78, 5) is 11.4. The van der Waals surface area contributed by atoms with Crippen LogP contribution < -0.4 is 5.73 Å². The van der Waals surface area contributed by atoms with Gasteiger partial charge < -0.3 is 19.9 Å². The molecule has 2 fully saturated rings. The maximum absolute atomic E-state index is 11.4. The Morgan fingerprint density at radius 3 is 2.67 bits per heavy atom. The van der Waals surface area contributed by atoms with Gasteiger partial charge in [0.25, 0.3) is 0 Å². The first kappa shape index (κ1) is 10.9. The first-order valence-electron chi connectivity index (χ1n) is 5.28. The maximum atomic E-state index is 11.4. The van der Waals surface area contributed by atoms with Crippen molar-refractivity contribution in [3.63, 3.8) is 0 Å². The Morgan fingerprint density at radius 1 is 1.47 bits per heavy atom. The Hall–Kier alpha value is -0.650. The van der Waals surface area contributed by atoms with E-state index in [1.165, 1.54) is 7.11 Å². The largest absolute Gasteiger partial charge is 0.469 e. The Kier molecular flexibility index (Phi) is 2.95. The lowest BCUT2D eigenvalue weighted by Gasteiger charge is -2.38. The molecule has 0 aromatic carbocycles. The highest BCUT2D eigenvalue weighted by Crippen LogP contribution is 2.38. The molecule has 5 heteroatoms. The van der Waals surface area contributed by atoms with E-state index in [0.29, 0.717) is 26.1 Å². The molecule has 0 radical (unpaired) electrons. The van der Waals surface area contributed by atoms with Gasteiger partial charge in [-0.25, -0.2) is 0 Å². The molecule has 1 saturated carbocycles. The van der Waals surface area contributed by atoms with Gasteiger partial charge >= 0.3 is 5.97 Å². The molecule has 0 amide bonds. The average molecular weight is 215 g/mol. The molecular formula is C10H17NO4. The fourth-order valence-corrected chi connectivity index (χ4v) is 2.40. The van der Waals surface area contributed by atoms with Crippen molar-refractivity contribution >= 4 is 5.97 Å². The normalized spacial score (nSPS) is 34.3. The quantitative estimate of drug-likeness (QED) is 0.625. The molecule has 2 atom stereocenters. The lowest BCUT2D eigenvalue weighted by molar-refractivity contribution is -0.190. The minimum atomic E-state index is -0.524. The van der Waals surface area contributed by atoms with E-state index >= 15 is 0 Å². The average Bonchev–Trinajstić information content (AvgIpc) is 2.65. The van der Waals surface area contributed by atoms with Crippen molar-refractivity contribution in [2.75, 3.05) is 20.3 Å². The second-order valence-electron chi connectivity index (χ2n) is 4.14. The van der Waals surface area contributed by atoms with Gasteiger partial charge in [-0.1, -0.05) is 0 Å². The van der Waals surface area contributed by atoms with E-state index in [0.717, 1.165) is 6.42 Å². The molecular weight excluding hydrogens is 198 g/mol. The Morgan fingerprint density at radius 2 is 2.13 bits per heavy atom. The molecule has 5 nitrogen and oxygen atoms in total. The van der Waals surface area contributed by atoms with Gasteiger partial charge in [-0.3, -0.25) is 4.79 Å². The zero-order chi connectivity index (χ0) is 10.9. The van der Waals surface area contributed by atoms with Crippen LogP contribution in [0.1, 0.15) is 19.3 Å². The monoisotopic (exact) mass is 215 g/mol. The van der Waals surface area contributed by atoms with Crippen molar-refractivity contribution in [1.29, 1.82) is 0 Å². The van der Waals surface area contributed by atoms with E-state index in [1.54, 1.807) is 0 Å². The fourth-order valence-electron chi connectivity index (χ4n) is 2.40. The number of rotatable bonds is 1. The third kappa shape index (κ3) is 2.00. The second kappa shape index (κ2) is 4.08. The van der Waals surface area contributed by atoms with Crippen molar-refractivity contribution in [3.05, 3.63) is 0 Å². The van der Waals surface area contributed by atoms with Crippen LogP contribution in [0.2, 0.25) is 0 Å². The van der Waals surface area contributed by atoms with Crippen LogP contribution in [0.25, 0.3) is 0 Å². The Labute approximate surface area is 88.9 Å². The molecule has 15 heavy (non-hydrogen) atoms. The first-order valence-corrected chi connectivity index (χ1v) is 5.28. The first-order chi connectivity index (χ1) is 7.17. The molecule has 1 aliphatic heterocycles. The molecule has 0 bridgehead atoms. The van der Waals surface area contributed by atoms with E-state index < -0.39 is 5.79 Å². The molecule has 2 N–H and O–H groups in total. The standard InChI is InChI=1S/C10H17NO4/c1-13-9(12)7-2-3-10(6-8(7)11)14-4-5-15-10/h7-8H,2-6,11H2,1H3. The van der Waals surface area contributed by atoms with Crippen molar-refractivity contribution in [3.8, 4) is 0 Å². The summed E-state index contributed by atoms with van der Waals surface area (Å²) in [6.45, 7) is 1.24. The smallest absolute Gasteiger partial charge is 0.310 e. The number of esters is 1. The molecule has 2 aliphatic rings. The molecule has 86 valence electrons. The van der Waals surface area contributed by atoms with Crippen LogP contribution in [0.5, 0.6) is 0 Å². The van der Waals surface area contributed by atoms with Crippen LogP contribution in [0.4, 0.5) is 0 Å². The molecule has 1 spiro atoms. The highest BCUT2D eigenvalue weighted by atomic mass is 16.7. The zero-order valence-corrected chi connectivity index (χ0v) is 8.90. The van der Waals surface area contributed by atoms with Gasteiger partial charge in [-0.05, 0) is 6.42 Å². The SMILES string of the molecule is COC(=O)C1CCC2(CC1N)OCCO2. The number of carbonyl (C=O) groups is 1. The van der Waals surface area contributed by atoms with E-state index in [9.17, 15) is 4.79 Å². The summed E-state index contributed by atoms with van der Waals surface area (Å²) >= 11 is 0. The molecule has 0 aromatic heterocycles. The van der Waals surface area contributed by atoms with Gasteiger partial charge in [0, 0.05) is 18.9 Å². The number of methoxy groups -OCH3 is 1. The lowest BCUT2D eigenvalue weighted by atomic mass is 9.81. The van der Waals surface area contributed by atoms with E-state index in [4.69, 9.17) is 19.9 Å². The summed E-state index contributed by atoms with van der Waals surface area (Å²) in [5.41, 5.74) is 5.95. The molecule has 2 unspecified atom stereocenters. The second-order valence-corrected chi connectivity index (χ2v) is 4.14. The number of ether oxygens (including phenoxy) is 3. The summed E-state index contributed by atoms with van der Waals surface area (Å²) in [6.07, 6.45) is 1.97. The Balaban J connectivity index is 1.99. The summed E-state index contributed by atoms with van der Waals surface area (Å²) < 4.78 is 15.8. The third-order valence-corrected chi connectivity index (χ3v) is 3.22. The van der Waals surface area contributed by atoms with Gasteiger partial charge in [0.05, 0.1) is 26.2 Å².